The maximum Gasteiger partial charge on any atom is 0.244 e. The van der Waals surface area contributed by atoms with E-state index in [9.17, 15) is 4.79 Å². The molecule has 220 valence electrons. The topological polar surface area (TPSA) is 86.8 Å². The zero-order valence-corrected chi connectivity index (χ0v) is 25.0. The van der Waals surface area contributed by atoms with E-state index in [0.717, 1.165) is 74.3 Å². The Balaban J connectivity index is 1.16. The highest BCUT2D eigenvalue weighted by molar-refractivity contribution is 5.76. The summed E-state index contributed by atoms with van der Waals surface area (Å²) in [4.78, 5) is 19.1. The summed E-state index contributed by atoms with van der Waals surface area (Å²) < 4.78 is 1.71. The first-order valence-electron chi connectivity index (χ1n) is 15.3. The molecule has 4 aromatic rings. The summed E-state index contributed by atoms with van der Waals surface area (Å²) in [5.74, 6) is 1.49. The maximum atomic E-state index is 12.5. The number of rotatable bonds is 13. The molecule has 1 aliphatic heterocycles. The molecule has 0 saturated carbocycles. The molecule has 7 nitrogen and oxygen atoms in total. The van der Waals surface area contributed by atoms with E-state index in [2.05, 4.69) is 71.4 Å². The van der Waals surface area contributed by atoms with Crippen molar-refractivity contribution in [1.82, 2.24) is 19.7 Å². The van der Waals surface area contributed by atoms with E-state index < -0.39 is 0 Å². The largest absolute Gasteiger partial charge is 0.344 e. The van der Waals surface area contributed by atoms with E-state index in [1.165, 1.54) is 11.1 Å². The number of unbranched alkanes of at least 4 members (excludes halogenated alkanes) is 1. The molecule has 1 amide bonds. The highest BCUT2D eigenvalue weighted by Crippen LogP contribution is 2.31. The van der Waals surface area contributed by atoms with Gasteiger partial charge in [-0.1, -0.05) is 68.8 Å². The summed E-state index contributed by atoms with van der Waals surface area (Å²) in [7, 11) is 0. The van der Waals surface area contributed by atoms with Gasteiger partial charge >= 0.3 is 0 Å². The van der Waals surface area contributed by atoms with Gasteiger partial charge in [0.15, 0.2) is 0 Å². The highest BCUT2D eigenvalue weighted by atomic mass is 16.2. The van der Waals surface area contributed by atoms with Crippen molar-refractivity contribution in [1.29, 1.82) is 5.26 Å². The predicted molar refractivity (Wildman–Crippen MR) is 171 cm³/mol. The lowest BCUT2D eigenvalue weighted by Gasteiger charge is -2.22. The van der Waals surface area contributed by atoms with E-state index in [1.54, 1.807) is 10.9 Å². The fourth-order valence-electron chi connectivity index (χ4n) is 5.77. The average molecular weight is 573 g/mol. The molecule has 1 aliphatic rings. The van der Waals surface area contributed by atoms with Crippen LogP contribution in [0.4, 0.5) is 5.82 Å². The van der Waals surface area contributed by atoms with Crippen LogP contribution in [0, 0.1) is 11.3 Å². The number of nitriles is 1. The van der Waals surface area contributed by atoms with Crippen molar-refractivity contribution in [2.75, 3.05) is 18.4 Å². The first-order chi connectivity index (χ1) is 21.0. The van der Waals surface area contributed by atoms with E-state index in [0.29, 0.717) is 11.5 Å². The molecule has 0 aliphatic carbocycles. The van der Waals surface area contributed by atoms with E-state index in [-0.39, 0.29) is 18.4 Å². The molecule has 5 rings (SSSR count). The number of carbonyl (C=O) groups excluding carboxylic acids is 1. The summed E-state index contributed by atoms with van der Waals surface area (Å²) in [6.07, 6.45) is 12.0. The molecule has 2 aromatic heterocycles. The van der Waals surface area contributed by atoms with Crippen molar-refractivity contribution in [2.24, 2.45) is 0 Å². The Morgan fingerprint density at radius 3 is 2.40 bits per heavy atom. The lowest BCUT2D eigenvalue weighted by Crippen LogP contribution is -2.31. The number of hydrogen-bond acceptors (Lipinski definition) is 5. The molecule has 1 fully saturated rings. The van der Waals surface area contributed by atoms with Crippen LogP contribution in [0.1, 0.15) is 74.0 Å². The van der Waals surface area contributed by atoms with Crippen molar-refractivity contribution in [3.05, 3.63) is 114 Å². The first-order valence-corrected chi connectivity index (χ1v) is 15.3. The Labute approximate surface area is 254 Å². The predicted octanol–water partition coefficient (Wildman–Crippen LogP) is 7.51. The molecule has 3 heterocycles. The minimum Gasteiger partial charge on any atom is -0.344 e. The minimum atomic E-state index is 0.122. The van der Waals surface area contributed by atoms with Gasteiger partial charge in [0.25, 0.3) is 0 Å². The van der Waals surface area contributed by atoms with E-state index >= 15 is 0 Å². The average Bonchev–Trinajstić information content (AvgIpc) is 3.75. The van der Waals surface area contributed by atoms with Gasteiger partial charge in [-0.25, -0.2) is 4.98 Å². The fraction of sp³-hybridized carbons (Fsp3) is 0.333. The Bertz CT molecular complexity index is 1530. The number of aromatic nitrogens is 3. The van der Waals surface area contributed by atoms with Gasteiger partial charge in [0, 0.05) is 48.2 Å². The van der Waals surface area contributed by atoms with Crippen molar-refractivity contribution < 1.29 is 4.79 Å². The van der Waals surface area contributed by atoms with Crippen molar-refractivity contribution in [3.8, 4) is 17.2 Å². The van der Waals surface area contributed by atoms with Crippen LogP contribution in [0.3, 0.4) is 0 Å². The van der Waals surface area contributed by atoms with Crippen LogP contribution in [0.15, 0.2) is 97.6 Å². The fourth-order valence-corrected chi connectivity index (χ4v) is 5.77. The van der Waals surface area contributed by atoms with Crippen LogP contribution in [0.5, 0.6) is 0 Å². The molecule has 43 heavy (non-hydrogen) atoms. The number of benzene rings is 2. The van der Waals surface area contributed by atoms with Gasteiger partial charge < -0.3 is 10.2 Å². The van der Waals surface area contributed by atoms with Crippen LogP contribution in [-0.4, -0.2) is 38.7 Å². The number of nitrogens with one attached hydrogen (secondary N) is 1. The normalized spacial score (nSPS) is 14.2. The summed E-state index contributed by atoms with van der Waals surface area (Å²) in [5.41, 5.74) is 6.04. The van der Waals surface area contributed by atoms with Crippen molar-refractivity contribution in [3.63, 3.8) is 0 Å². The van der Waals surface area contributed by atoms with Crippen LogP contribution in [-0.2, 0) is 11.3 Å². The number of likely N-dealkylation sites (tertiary alicyclic amines) is 1. The van der Waals surface area contributed by atoms with Gasteiger partial charge in [0.2, 0.25) is 5.91 Å². The lowest BCUT2D eigenvalue weighted by atomic mass is 9.88. The molecule has 1 unspecified atom stereocenters. The second-order valence-corrected chi connectivity index (χ2v) is 11.5. The molecule has 0 radical (unpaired) electrons. The number of anilines is 1. The summed E-state index contributed by atoms with van der Waals surface area (Å²) >= 11 is 0. The zero-order chi connectivity index (χ0) is 30.0. The number of hydrogen-bond donors (Lipinski definition) is 1. The van der Waals surface area contributed by atoms with Crippen LogP contribution >= 0.6 is 0 Å². The summed E-state index contributed by atoms with van der Waals surface area (Å²) in [6.45, 7) is 8.64. The molecule has 0 spiro atoms. The molecule has 7 heteroatoms. The smallest absolute Gasteiger partial charge is 0.244 e. The number of amides is 1. The molecule has 1 N–H and O–H groups in total. The van der Waals surface area contributed by atoms with Gasteiger partial charge in [-0.15, -0.1) is 0 Å². The van der Waals surface area contributed by atoms with Gasteiger partial charge in [0.1, 0.15) is 12.4 Å². The van der Waals surface area contributed by atoms with Crippen LogP contribution in [0.2, 0.25) is 0 Å². The molecule has 1 saturated heterocycles. The second kappa shape index (κ2) is 14.5. The number of carbonyl (C=O) groups is 1. The maximum absolute atomic E-state index is 12.5. The summed E-state index contributed by atoms with van der Waals surface area (Å²) in [6, 6.07) is 24.7. The number of allylic oxidation sites excluding steroid dienone is 1. The van der Waals surface area contributed by atoms with Crippen LogP contribution < -0.4 is 5.32 Å². The monoisotopic (exact) mass is 572 g/mol. The van der Waals surface area contributed by atoms with Crippen molar-refractivity contribution >= 4 is 11.7 Å². The lowest BCUT2D eigenvalue weighted by molar-refractivity contribution is -0.130. The molecule has 2 aromatic carbocycles. The van der Waals surface area contributed by atoms with E-state index in [4.69, 9.17) is 5.26 Å². The summed E-state index contributed by atoms with van der Waals surface area (Å²) in [5, 5.41) is 16.9. The molecule has 2 atom stereocenters. The van der Waals surface area contributed by atoms with Gasteiger partial charge in [-0.05, 0) is 67.0 Å². The minimum absolute atomic E-state index is 0.122. The van der Waals surface area contributed by atoms with Gasteiger partial charge in [-0.3, -0.25) is 9.48 Å². The zero-order valence-electron chi connectivity index (χ0n) is 25.0. The van der Waals surface area contributed by atoms with Gasteiger partial charge in [-0.2, -0.15) is 10.4 Å². The highest BCUT2D eigenvalue weighted by Gasteiger charge is 2.19. The Morgan fingerprint density at radius 2 is 1.70 bits per heavy atom. The number of pyridine rings is 1. The standard InChI is InChI=1S/C36H40N6O/c1-27(30-16-14-29(22-37)15-17-30)10-6-7-13-34(31-11-4-3-5-12-31)28(2)40-35-19-18-32(23-38-35)33-24-39-42(25-33)26-36(43)41-20-8-9-21-41/h3-5,11-12,14-19,23-25,27,34H,2,6-10,13,20-21,26H2,1H3,(H,38,40)/t27-,34?/m1/s1. The van der Waals surface area contributed by atoms with Crippen LogP contribution in [0.25, 0.3) is 11.1 Å². The third-order valence-electron chi connectivity index (χ3n) is 8.39. The van der Waals surface area contributed by atoms with Crippen molar-refractivity contribution in [2.45, 2.75) is 63.8 Å². The third kappa shape index (κ3) is 7.98. The molecular weight excluding hydrogens is 532 g/mol. The quantitative estimate of drug-likeness (QED) is 0.168. The Hall–Kier alpha value is -4.70. The Kier molecular flexibility index (Phi) is 10.0. The van der Waals surface area contributed by atoms with E-state index in [1.807, 2.05) is 47.6 Å². The number of nitrogens with zero attached hydrogens (tertiary/aromatic N) is 5. The first kappa shape index (κ1) is 29.8. The SMILES string of the molecule is C=C(Nc1ccc(-c2cnn(CC(=O)N3CCCC3)c2)cn1)C(CCCC[C@@H](C)c1ccc(C#N)cc1)c1ccccc1. The molecular formula is C36H40N6O. The third-order valence-corrected chi connectivity index (χ3v) is 8.39. The Morgan fingerprint density at radius 1 is 0.953 bits per heavy atom. The van der Waals surface area contributed by atoms with Gasteiger partial charge in [0.05, 0.1) is 17.8 Å². The second-order valence-electron chi connectivity index (χ2n) is 11.5. The molecule has 0 bridgehead atoms.